The number of unbranched alkanes of at least 4 members (excludes halogenated alkanes) is 1. The summed E-state index contributed by atoms with van der Waals surface area (Å²) >= 11 is 1.74. The summed E-state index contributed by atoms with van der Waals surface area (Å²) in [5, 5.41) is 8.56. The minimum Gasteiger partial charge on any atom is -0.396 e. The lowest BCUT2D eigenvalue weighted by atomic mass is 10.4. The highest BCUT2D eigenvalue weighted by molar-refractivity contribution is 7.99. The zero-order valence-electron chi connectivity index (χ0n) is 7.44. The number of nitrogen functional groups attached to an aromatic ring is 1. The zero-order valence-corrected chi connectivity index (χ0v) is 8.26. The van der Waals surface area contributed by atoms with Gasteiger partial charge in [-0.25, -0.2) is 4.98 Å². The highest BCUT2D eigenvalue weighted by atomic mass is 32.2. The van der Waals surface area contributed by atoms with Crippen molar-refractivity contribution in [1.82, 2.24) is 4.98 Å². The molecule has 72 valence electrons. The summed E-state index contributed by atoms with van der Waals surface area (Å²) in [4.78, 5) is 5.12. The molecule has 13 heavy (non-hydrogen) atoms. The average molecular weight is 198 g/mol. The van der Waals surface area contributed by atoms with Crippen molar-refractivity contribution in [2.24, 2.45) is 0 Å². The van der Waals surface area contributed by atoms with E-state index in [-0.39, 0.29) is 6.61 Å². The van der Waals surface area contributed by atoms with Gasteiger partial charge in [0.15, 0.2) is 0 Å². The number of aromatic nitrogens is 1. The van der Waals surface area contributed by atoms with Crippen LogP contribution >= 0.6 is 11.8 Å². The number of aliphatic hydroxyl groups excluding tert-OH is 1. The van der Waals surface area contributed by atoms with Crippen LogP contribution in [0.5, 0.6) is 0 Å². The molecule has 0 amide bonds. The summed E-state index contributed by atoms with van der Waals surface area (Å²) in [5.41, 5.74) is 5.45. The van der Waals surface area contributed by atoms with Crippen LogP contribution in [0.2, 0.25) is 0 Å². The van der Waals surface area contributed by atoms with Gasteiger partial charge in [0.2, 0.25) is 0 Å². The summed E-state index contributed by atoms with van der Waals surface area (Å²) < 4.78 is 0. The van der Waals surface area contributed by atoms with Crippen LogP contribution in [0, 0.1) is 0 Å². The molecule has 0 atom stereocenters. The van der Waals surface area contributed by atoms with E-state index in [9.17, 15) is 0 Å². The molecule has 0 saturated carbocycles. The fourth-order valence-electron chi connectivity index (χ4n) is 0.881. The molecule has 0 radical (unpaired) electrons. The van der Waals surface area contributed by atoms with Gasteiger partial charge in [0.1, 0.15) is 5.82 Å². The smallest absolute Gasteiger partial charge is 0.123 e. The van der Waals surface area contributed by atoms with Gasteiger partial charge in [-0.05, 0) is 30.7 Å². The molecule has 0 aromatic carbocycles. The Bertz CT molecular complexity index is 238. The number of rotatable bonds is 5. The third-order valence-electron chi connectivity index (χ3n) is 1.58. The first-order valence-corrected chi connectivity index (χ1v) is 5.26. The van der Waals surface area contributed by atoms with Crippen LogP contribution < -0.4 is 5.73 Å². The normalized spacial score (nSPS) is 10.2. The molecule has 3 nitrogen and oxygen atoms in total. The first kappa shape index (κ1) is 10.3. The molecular formula is C9H14N2OS. The fraction of sp³-hybridized carbons (Fsp3) is 0.444. The lowest BCUT2D eigenvalue weighted by molar-refractivity contribution is 0.287. The van der Waals surface area contributed by atoms with Crippen molar-refractivity contribution < 1.29 is 5.11 Å². The van der Waals surface area contributed by atoms with Crippen molar-refractivity contribution in [3.63, 3.8) is 0 Å². The highest BCUT2D eigenvalue weighted by Gasteiger charge is 1.94. The van der Waals surface area contributed by atoms with Crippen LogP contribution in [-0.2, 0) is 0 Å². The molecule has 1 aromatic rings. The fourth-order valence-corrected chi connectivity index (χ4v) is 1.76. The van der Waals surface area contributed by atoms with Gasteiger partial charge >= 0.3 is 0 Å². The van der Waals surface area contributed by atoms with Gasteiger partial charge < -0.3 is 10.8 Å². The third-order valence-corrected chi connectivity index (χ3v) is 2.65. The molecule has 0 aliphatic heterocycles. The molecule has 0 bridgehead atoms. The topological polar surface area (TPSA) is 59.1 Å². The molecule has 1 aromatic heterocycles. The van der Waals surface area contributed by atoms with E-state index in [1.165, 1.54) is 0 Å². The summed E-state index contributed by atoms with van der Waals surface area (Å²) in [6.07, 6.45) is 3.68. The Labute approximate surface area is 82.4 Å². The van der Waals surface area contributed by atoms with Crippen molar-refractivity contribution in [3.8, 4) is 0 Å². The maximum Gasteiger partial charge on any atom is 0.123 e. The largest absolute Gasteiger partial charge is 0.396 e. The van der Waals surface area contributed by atoms with E-state index < -0.39 is 0 Å². The minimum absolute atomic E-state index is 0.278. The molecule has 1 rings (SSSR count). The Balaban J connectivity index is 2.25. The van der Waals surface area contributed by atoms with Gasteiger partial charge in [-0.1, -0.05) is 0 Å². The number of nitrogens with two attached hydrogens (primary N) is 1. The van der Waals surface area contributed by atoms with Gasteiger partial charge in [-0.3, -0.25) is 0 Å². The number of hydrogen-bond donors (Lipinski definition) is 2. The molecule has 0 spiro atoms. The van der Waals surface area contributed by atoms with Gasteiger partial charge in [-0.2, -0.15) is 0 Å². The molecule has 0 saturated heterocycles. The summed E-state index contributed by atoms with van der Waals surface area (Å²) in [7, 11) is 0. The van der Waals surface area contributed by atoms with E-state index in [2.05, 4.69) is 4.98 Å². The van der Waals surface area contributed by atoms with Gasteiger partial charge in [0.05, 0.1) is 0 Å². The Kier molecular flexibility index (Phi) is 4.64. The zero-order chi connectivity index (χ0) is 9.52. The SMILES string of the molecule is Nc1ccc(SCCCCO)cn1. The Morgan fingerprint density at radius 1 is 1.38 bits per heavy atom. The maximum atomic E-state index is 8.56. The van der Waals surface area contributed by atoms with Crippen molar-refractivity contribution >= 4 is 17.6 Å². The summed E-state index contributed by atoms with van der Waals surface area (Å²) in [6.45, 7) is 0.278. The second-order valence-electron chi connectivity index (χ2n) is 2.70. The number of nitrogens with zero attached hydrogens (tertiary/aromatic N) is 1. The van der Waals surface area contributed by atoms with E-state index in [1.807, 2.05) is 6.07 Å². The molecule has 0 aliphatic rings. The maximum absolute atomic E-state index is 8.56. The lowest BCUT2D eigenvalue weighted by Gasteiger charge is -2.00. The average Bonchev–Trinajstić information content (AvgIpc) is 2.15. The van der Waals surface area contributed by atoms with Crippen LogP contribution in [-0.4, -0.2) is 22.5 Å². The summed E-state index contributed by atoms with van der Waals surface area (Å²) in [6, 6.07) is 3.76. The molecule has 0 unspecified atom stereocenters. The first-order chi connectivity index (χ1) is 6.33. The predicted molar refractivity (Wildman–Crippen MR) is 55.7 cm³/mol. The number of pyridine rings is 1. The standard InChI is InChI=1S/C9H14N2OS/c10-9-4-3-8(7-11-9)13-6-2-1-5-12/h3-4,7,12H,1-2,5-6H2,(H2,10,11). The van der Waals surface area contributed by atoms with Crippen molar-refractivity contribution in [2.75, 3.05) is 18.1 Å². The molecule has 1 heterocycles. The molecule has 3 N–H and O–H groups in total. The van der Waals surface area contributed by atoms with E-state index >= 15 is 0 Å². The first-order valence-electron chi connectivity index (χ1n) is 4.28. The third kappa shape index (κ3) is 4.15. The van der Waals surface area contributed by atoms with Crippen LogP contribution in [0.1, 0.15) is 12.8 Å². The second kappa shape index (κ2) is 5.83. The van der Waals surface area contributed by atoms with Crippen molar-refractivity contribution in [1.29, 1.82) is 0 Å². The number of thioether (sulfide) groups is 1. The molecule has 0 aliphatic carbocycles. The number of aliphatic hydroxyl groups is 1. The monoisotopic (exact) mass is 198 g/mol. The highest BCUT2D eigenvalue weighted by Crippen LogP contribution is 2.18. The van der Waals surface area contributed by atoms with Crippen molar-refractivity contribution in [3.05, 3.63) is 18.3 Å². The van der Waals surface area contributed by atoms with Crippen molar-refractivity contribution in [2.45, 2.75) is 17.7 Å². The Morgan fingerprint density at radius 2 is 2.23 bits per heavy atom. The predicted octanol–water partition coefficient (Wildman–Crippen LogP) is 1.53. The number of hydrogen-bond acceptors (Lipinski definition) is 4. The second-order valence-corrected chi connectivity index (χ2v) is 3.87. The molecule has 4 heteroatoms. The quantitative estimate of drug-likeness (QED) is 0.556. The number of anilines is 1. The van der Waals surface area contributed by atoms with Gasteiger partial charge in [-0.15, -0.1) is 11.8 Å². The van der Waals surface area contributed by atoms with Gasteiger partial charge in [0.25, 0.3) is 0 Å². The molecule has 0 fully saturated rings. The van der Waals surface area contributed by atoms with E-state index in [1.54, 1.807) is 24.0 Å². The van der Waals surface area contributed by atoms with Gasteiger partial charge in [0, 0.05) is 17.7 Å². The minimum atomic E-state index is 0.278. The van der Waals surface area contributed by atoms with E-state index in [0.717, 1.165) is 23.5 Å². The van der Waals surface area contributed by atoms with Crippen LogP contribution in [0.25, 0.3) is 0 Å². The van der Waals surface area contributed by atoms with Crippen LogP contribution in [0.4, 0.5) is 5.82 Å². The van der Waals surface area contributed by atoms with Crippen LogP contribution in [0.3, 0.4) is 0 Å². The van der Waals surface area contributed by atoms with E-state index in [0.29, 0.717) is 5.82 Å². The Morgan fingerprint density at radius 3 is 2.85 bits per heavy atom. The molecular weight excluding hydrogens is 184 g/mol. The Hall–Kier alpha value is -0.740. The summed E-state index contributed by atoms with van der Waals surface area (Å²) in [5.74, 6) is 1.58. The van der Waals surface area contributed by atoms with Crippen LogP contribution in [0.15, 0.2) is 23.2 Å². The lowest BCUT2D eigenvalue weighted by Crippen LogP contribution is -1.89. The van der Waals surface area contributed by atoms with E-state index in [4.69, 9.17) is 10.8 Å².